The Balaban J connectivity index is 1.30. The van der Waals surface area contributed by atoms with E-state index < -0.39 is 0 Å². The molecule has 9 rings (SSSR count). The van der Waals surface area contributed by atoms with Gasteiger partial charge in [-0.3, -0.25) is 0 Å². The quantitative estimate of drug-likeness (QED) is 0.196. The molecule has 0 unspecified atom stereocenters. The molecule has 0 atom stereocenters. The maximum atomic E-state index is 2.48. The summed E-state index contributed by atoms with van der Waals surface area (Å²) < 4.78 is 5.14. The van der Waals surface area contributed by atoms with Gasteiger partial charge in [0, 0.05) is 31.9 Å². The minimum absolute atomic E-state index is 1.17. The molecular formula is C42H27NS. The van der Waals surface area contributed by atoms with Gasteiger partial charge in [0.15, 0.2) is 0 Å². The molecule has 2 heterocycles. The zero-order chi connectivity index (χ0) is 29.0. The van der Waals surface area contributed by atoms with Gasteiger partial charge in [-0.25, -0.2) is 0 Å². The summed E-state index contributed by atoms with van der Waals surface area (Å²) in [5, 5.41) is 5.22. The largest absolute Gasteiger partial charge is 0.308 e. The first-order chi connectivity index (χ1) is 21.8. The topological polar surface area (TPSA) is 4.93 Å². The predicted octanol–water partition coefficient (Wildman–Crippen LogP) is 12.2. The smallest absolute Gasteiger partial charge is 0.0719 e. The molecule has 0 radical (unpaired) electrons. The van der Waals surface area contributed by atoms with E-state index in [1.54, 1.807) is 0 Å². The molecule has 206 valence electrons. The lowest BCUT2D eigenvalue weighted by Gasteiger charge is -2.14. The molecule has 0 amide bonds. The van der Waals surface area contributed by atoms with Crippen LogP contribution in [0.15, 0.2) is 164 Å². The second-order valence-electron chi connectivity index (χ2n) is 11.4. The van der Waals surface area contributed by atoms with E-state index >= 15 is 0 Å². The van der Waals surface area contributed by atoms with E-state index in [9.17, 15) is 0 Å². The van der Waals surface area contributed by atoms with Crippen LogP contribution >= 0.6 is 11.3 Å². The minimum Gasteiger partial charge on any atom is -0.308 e. The van der Waals surface area contributed by atoms with Crippen LogP contribution in [0.4, 0.5) is 0 Å². The zero-order valence-corrected chi connectivity index (χ0v) is 24.8. The lowest BCUT2D eigenvalue weighted by molar-refractivity contribution is 1.19. The number of benzene rings is 7. The summed E-state index contributed by atoms with van der Waals surface area (Å²) >= 11 is 1.89. The second kappa shape index (κ2) is 10.1. The average molecular weight is 578 g/mol. The number of fused-ring (bicyclic) bond motifs is 7. The maximum Gasteiger partial charge on any atom is 0.0719 e. The number of aromatic nitrogens is 1. The molecule has 0 aliphatic heterocycles. The van der Waals surface area contributed by atoms with Gasteiger partial charge in [-0.05, 0) is 75.8 Å². The number of hydrogen-bond donors (Lipinski definition) is 0. The summed E-state index contributed by atoms with van der Waals surface area (Å²) in [7, 11) is 0. The van der Waals surface area contributed by atoms with Gasteiger partial charge in [-0.2, -0.15) is 0 Å². The van der Waals surface area contributed by atoms with Crippen LogP contribution in [0.5, 0.6) is 0 Å². The maximum absolute atomic E-state index is 2.48. The highest BCUT2D eigenvalue weighted by atomic mass is 32.1. The average Bonchev–Trinajstić information content (AvgIpc) is 3.65. The Labute approximate surface area is 259 Å². The van der Waals surface area contributed by atoms with Crippen molar-refractivity contribution in [3.05, 3.63) is 164 Å². The first-order valence-electron chi connectivity index (χ1n) is 15.0. The molecule has 2 heteroatoms. The summed E-state index contributed by atoms with van der Waals surface area (Å²) in [4.78, 5) is 0. The molecule has 0 aliphatic carbocycles. The van der Waals surface area contributed by atoms with Crippen molar-refractivity contribution in [3.63, 3.8) is 0 Å². The molecule has 44 heavy (non-hydrogen) atoms. The highest BCUT2D eigenvalue weighted by molar-refractivity contribution is 7.26. The van der Waals surface area contributed by atoms with Crippen LogP contribution in [0.3, 0.4) is 0 Å². The van der Waals surface area contributed by atoms with Gasteiger partial charge in [0.2, 0.25) is 0 Å². The molecule has 0 saturated heterocycles. The van der Waals surface area contributed by atoms with Crippen LogP contribution in [0.2, 0.25) is 0 Å². The van der Waals surface area contributed by atoms with Crippen molar-refractivity contribution < 1.29 is 0 Å². The molecule has 9 aromatic rings. The summed E-state index contributed by atoms with van der Waals surface area (Å²) in [5.41, 5.74) is 11.0. The number of rotatable bonds is 4. The lowest BCUT2D eigenvalue weighted by Crippen LogP contribution is -1.95. The third kappa shape index (κ3) is 4.00. The van der Waals surface area contributed by atoms with E-state index in [1.807, 2.05) is 11.3 Å². The molecule has 0 N–H and O–H groups in total. The van der Waals surface area contributed by atoms with E-state index in [-0.39, 0.29) is 0 Å². The summed E-state index contributed by atoms with van der Waals surface area (Å²) in [6.07, 6.45) is 0. The van der Waals surface area contributed by atoms with Gasteiger partial charge in [0.1, 0.15) is 0 Å². The van der Waals surface area contributed by atoms with Crippen molar-refractivity contribution in [2.45, 2.75) is 0 Å². The summed E-state index contributed by atoms with van der Waals surface area (Å²) in [5.74, 6) is 0. The van der Waals surface area contributed by atoms with Gasteiger partial charge in [-0.1, -0.05) is 121 Å². The van der Waals surface area contributed by atoms with E-state index in [2.05, 4.69) is 168 Å². The Morgan fingerprint density at radius 3 is 1.66 bits per heavy atom. The first-order valence-corrected chi connectivity index (χ1v) is 15.8. The highest BCUT2D eigenvalue weighted by Gasteiger charge is 2.18. The first kappa shape index (κ1) is 25.1. The van der Waals surface area contributed by atoms with Gasteiger partial charge in [-0.15, -0.1) is 11.3 Å². The van der Waals surface area contributed by atoms with Crippen LogP contribution in [0.25, 0.3) is 81.0 Å². The SMILES string of the molecule is c1ccc(-c2cc(-c3ccccc3)cc(-c3cccc(-n4c5ccccc5c5ccc6c7ccccc7sc6c54)c3)c2)cc1. The summed E-state index contributed by atoms with van der Waals surface area (Å²) in [6, 6.07) is 59.6. The Hall–Kier alpha value is -5.44. The Morgan fingerprint density at radius 1 is 0.364 bits per heavy atom. The lowest BCUT2D eigenvalue weighted by atomic mass is 9.93. The van der Waals surface area contributed by atoms with Crippen molar-refractivity contribution in [2.24, 2.45) is 0 Å². The number of para-hydroxylation sites is 1. The molecule has 0 spiro atoms. The van der Waals surface area contributed by atoms with Crippen molar-refractivity contribution >= 4 is 53.3 Å². The Kier molecular flexibility index (Phi) is 5.75. The monoisotopic (exact) mass is 577 g/mol. The number of thiophene rings is 1. The van der Waals surface area contributed by atoms with E-state index in [4.69, 9.17) is 0 Å². The van der Waals surface area contributed by atoms with E-state index in [1.165, 1.54) is 81.0 Å². The molecule has 0 fully saturated rings. The van der Waals surface area contributed by atoms with Crippen LogP contribution in [0, 0.1) is 0 Å². The van der Waals surface area contributed by atoms with Crippen LogP contribution < -0.4 is 0 Å². The molecule has 0 aliphatic rings. The molecule has 0 bridgehead atoms. The summed E-state index contributed by atoms with van der Waals surface area (Å²) in [6.45, 7) is 0. The molecular weight excluding hydrogens is 551 g/mol. The van der Waals surface area contributed by atoms with Crippen LogP contribution in [-0.2, 0) is 0 Å². The number of hydrogen-bond acceptors (Lipinski definition) is 1. The second-order valence-corrected chi connectivity index (χ2v) is 12.4. The van der Waals surface area contributed by atoms with Crippen molar-refractivity contribution in [3.8, 4) is 39.1 Å². The standard InChI is InChI=1S/C42H27NS/c1-3-12-28(13-4-1)31-24-32(29-14-5-2-6-15-29)26-33(25-31)30-16-11-17-34(27-30)43-39-20-9-7-18-35(39)37-22-23-38-36-19-8-10-21-40(36)44-42(38)41(37)43/h1-27H. The van der Waals surface area contributed by atoms with Crippen molar-refractivity contribution in [2.75, 3.05) is 0 Å². The molecule has 0 saturated carbocycles. The van der Waals surface area contributed by atoms with Crippen LogP contribution in [0.1, 0.15) is 0 Å². The minimum atomic E-state index is 1.17. The Bertz CT molecular complexity index is 2420. The molecule has 1 nitrogen and oxygen atoms in total. The van der Waals surface area contributed by atoms with Crippen molar-refractivity contribution in [1.29, 1.82) is 0 Å². The molecule has 2 aromatic heterocycles. The van der Waals surface area contributed by atoms with Crippen LogP contribution in [-0.4, -0.2) is 4.57 Å². The fourth-order valence-corrected chi connectivity index (χ4v) is 7.95. The van der Waals surface area contributed by atoms with Gasteiger partial charge >= 0.3 is 0 Å². The highest BCUT2D eigenvalue weighted by Crippen LogP contribution is 2.43. The number of nitrogens with zero attached hydrogens (tertiary/aromatic N) is 1. The third-order valence-corrected chi connectivity index (χ3v) is 9.96. The zero-order valence-electron chi connectivity index (χ0n) is 23.9. The van der Waals surface area contributed by atoms with Gasteiger partial charge in [0.05, 0.1) is 15.7 Å². The Morgan fingerprint density at radius 2 is 0.932 bits per heavy atom. The van der Waals surface area contributed by atoms with E-state index in [0.717, 1.165) is 0 Å². The predicted molar refractivity (Wildman–Crippen MR) is 190 cm³/mol. The van der Waals surface area contributed by atoms with E-state index in [0.29, 0.717) is 0 Å². The van der Waals surface area contributed by atoms with Gasteiger partial charge < -0.3 is 4.57 Å². The molecule has 7 aromatic carbocycles. The van der Waals surface area contributed by atoms with Crippen molar-refractivity contribution in [1.82, 2.24) is 4.57 Å². The third-order valence-electron chi connectivity index (χ3n) is 8.76. The fraction of sp³-hybridized carbons (Fsp3) is 0. The fourth-order valence-electron chi connectivity index (χ4n) is 6.71. The normalized spacial score (nSPS) is 11.6. The van der Waals surface area contributed by atoms with Gasteiger partial charge in [0.25, 0.3) is 0 Å².